The lowest BCUT2D eigenvalue weighted by atomic mass is 10.2. The average Bonchev–Trinajstić information content (AvgIpc) is 3.18. The molecule has 0 saturated carbocycles. The third-order valence-corrected chi connectivity index (χ3v) is 4.12. The van der Waals surface area contributed by atoms with E-state index in [-0.39, 0.29) is 11.4 Å². The van der Waals surface area contributed by atoms with Crippen LogP contribution >= 0.6 is 11.3 Å². The zero-order chi connectivity index (χ0) is 16.2. The van der Waals surface area contributed by atoms with Gasteiger partial charge < -0.3 is 5.11 Å². The normalized spacial score (nSPS) is 11.0. The highest BCUT2D eigenvalue weighted by atomic mass is 32.1. The van der Waals surface area contributed by atoms with Gasteiger partial charge >= 0.3 is 0 Å². The van der Waals surface area contributed by atoms with Crippen LogP contribution in [0.3, 0.4) is 0 Å². The summed E-state index contributed by atoms with van der Waals surface area (Å²) in [7, 11) is 0. The second-order valence-electron chi connectivity index (χ2n) is 4.87. The van der Waals surface area contributed by atoms with Gasteiger partial charge in [-0.1, -0.05) is 0 Å². The molecule has 7 heteroatoms. The van der Waals surface area contributed by atoms with Gasteiger partial charge in [-0.2, -0.15) is 10.2 Å². The molecule has 0 aliphatic carbocycles. The van der Waals surface area contributed by atoms with E-state index in [9.17, 15) is 9.90 Å². The molecule has 23 heavy (non-hydrogen) atoms. The Hall–Kier alpha value is -2.93. The predicted octanol–water partition coefficient (Wildman–Crippen LogP) is 2.92. The first kappa shape index (κ1) is 15.0. The summed E-state index contributed by atoms with van der Waals surface area (Å²) in [5, 5.41) is 19.9. The molecule has 1 aromatic carbocycles. The van der Waals surface area contributed by atoms with Gasteiger partial charge in [-0.25, -0.2) is 5.43 Å². The molecular weight excluding hydrogens is 312 g/mol. The quantitative estimate of drug-likeness (QED) is 0.508. The number of aromatic nitrogens is 2. The van der Waals surface area contributed by atoms with Crippen molar-refractivity contribution in [3.05, 3.63) is 58.6 Å². The lowest BCUT2D eigenvalue weighted by Gasteiger charge is -1.95. The summed E-state index contributed by atoms with van der Waals surface area (Å²) in [4.78, 5) is 14.2. The number of thiophene rings is 1. The summed E-state index contributed by atoms with van der Waals surface area (Å²) in [6, 6.07) is 12.2. The van der Waals surface area contributed by atoms with Crippen LogP contribution in [0, 0.1) is 6.92 Å². The highest BCUT2D eigenvalue weighted by Crippen LogP contribution is 2.26. The van der Waals surface area contributed by atoms with Crippen molar-refractivity contribution in [2.45, 2.75) is 6.92 Å². The molecule has 3 N–H and O–H groups in total. The number of benzene rings is 1. The molecular formula is C16H14N4O2S. The first-order valence-electron chi connectivity index (χ1n) is 6.86. The SMILES string of the molecule is Cc1ccc(-c2cc(C(=O)NN=Cc3ccc(O)cc3)n[nH]2)s1. The van der Waals surface area contributed by atoms with Crippen LogP contribution in [-0.4, -0.2) is 27.4 Å². The van der Waals surface area contributed by atoms with Crippen LogP contribution in [0.1, 0.15) is 20.9 Å². The maximum atomic E-state index is 12.0. The Kier molecular flexibility index (Phi) is 4.20. The third kappa shape index (κ3) is 3.64. The third-order valence-electron chi connectivity index (χ3n) is 3.09. The number of carbonyl (C=O) groups excluding carboxylic acids is 1. The Bertz CT molecular complexity index is 849. The summed E-state index contributed by atoms with van der Waals surface area (Å²) < 4.78 is 0. The maximum absolute atomic E-state index is 12.0. The van der Waals surface area contributed by atoms with Crippen molar-refractivity contribution in [1.82, 2.24) is 15.6 Å². The zero-order valence-corrected chi connectivity index (χ0v) is 13.1. The van der Waals surface area contributed by atoms with Crippen LogP contribution in [0.4, 0.5) is 0 Å². The molecule has 2 aromatic heterocycles. The Labute approximate surface area is 136 Å². The number of carbonyl (C=O) groups is 1. The van der Waals surface area contributed by atoms with Crippen molar-refractivity contribution < 1.29 is 9.90 Å². The van der Waals surface area contributed by atoms with Gasteiger partial charge in [0.05, 0.1) is 16.8 Å². The standard InChI is InChI=1S/C16H14N4O2S/c1-10-2-7-15(23-10)13-8-14(19-18-13)16(22)20-17-9-11-3-5-12(21)6-4-11/h2-9,21H,1H3,(H,18,19)(H,20,22). The number of aromatic amines is 1. The number of hydrazone groups is 1. The summed E-state index contributed by atoms with van der Waals surface area (Å²) in [6.45, 7) is 2.02. The molecule has 2 heterocycles. The molecule has 0 spiro atoms. The molecule has 0 aliphatic rings. The second-order valence-corrected chi connectivity index (χ2v) is 6.16. The van der Waals surface area contributed by atoms with Gasteiger partial charge in [0.2, 0.25) is 0 Å². The van der Waals surface area contributed by atoms with Gasteiger partial charge in [0.25, 0.3) is 5.91 Å². The number of aryl methyl sites for hydroxylation is 1. The van der Waals surface area contributed by atoms with E-state index in [0.717, 1.165) is 16.1 Å². The van der Waals surface area contributed by atoms with E-state index in [1.54, 1.807) is 41.7 Å². The lowest BCUT2D eigenvalue weighted by Crippen LogP contribution is -2.17. The molecule has 3 rings (SSSR count). The van der Waals surface area contributed by atoms with Gasteiger partial charge in [0.1, 0.15) is 5.75 Å². The second kappa shape index (κ2) is 6.45. The Balaban J connectivity index is 1.64. The molecule has 0 bridgehead atoms. The molecule has 3 aromatic rings. The number of aromatic hydroxyl groups is 1. The summed E-state index contributed by atoms with van der Waals surface area (Å²) in [5.74, 6) is -0.213. The molecule has 0 atom stereocenters. The van der Waals surface area contributed by atoms with Crippen molar-refractivity contribution in [1.29, 1.82) is 0 Å². The molecule has 116 valence electrons. The van der Waals surface area contributed by atoms with Gasteiger partial charge in [-0.15, -0.1) is 11.3 Å². The number of nitrogens with zero attached hydrogens (tertiary/aromatic N) is 2. The first-order chi connectivity index (χ1) is 11.1. The number of hydrogen-bond donors (Lipinski definition) is 3. The number of hydrogen-bond acceptors (Lipinski definition) is 5. The van der Waals surface area contributed by atoms with Crippen molar-refractivity contribution in [2.24, 2.45) is 5.10 Å². The smallest absolute Gasteiger partial charge is 0.291 e. The van der Waals surface area contributed by atoms with Crippen LogP contribution in [0.25, 0.3) is 10.6 Å². The van der Waals surface area contributed by atoms with Gasteiger partial charge in [-0.05, 0) is 55.0 Å². The largest absolute Gasteiger partial charge is 0.508 e. The van der Waals surface area contributed by atoms with Crippen molar-refractivity contribution in [3.8, 4) is 16.3 Å². The van der Waals surface area contributed by atoms with Crippen LogP contribution < -0.4 is 5.43 Å². The van der Waals surface area contributed by atoms with Gasteiger partial charge in [0, 0.05) is 4.88 Å². The fourth-order valence-electron chi connectivity index (χ4n) is 1.93. The van der Waals surface area contributed by atoms with Gasteiger partial charge in [0.15, 0.2) is 5.69 Å². The molecule has 6 nitrogen and oxygen atoms in total. The Morgan fingerprint density at radius 3 is 2.78 bits per heavy atom. The first-order valence-corrected chi connectivity index (χ1v) is 7.68. The summed E-state index contributed by atoms with van der Waals surface area (Å²) in [5.41, 5.74) is 4.26. The number of rotatable bonds is 4. The maximum Gasteiger partial charge on any atom is 0.291 e. The number of phenolic OH excluding ortho intramolecular Hbond substituents is 1. The topological polar surface area (TPSA) is 90.4 Å². The predicted molar refractivity (Wildman–Crippen MR) is 89.8 cm³/mol. The summed E-state index contributed by atoms with van der Waals surface area (Å²) in [6.07, 6.45) is 1.49. The van der Waals surface area contributed by atoms with E-state index >= 15 is 0 Å². The van der Waals surface area contributed by atoms with E-state index in [0.29, 0.717) is 0 Å². The Morgan fingerprint density at radius 1 is 1.30 bits per heavy atom. The van der Waals surface area contributed by atoms with E-state index in [1.165, 1.54) is 11.1 Å². The number of nitrogens with one attached hydrogen (secondary N) is 2. The molecule has 0 aliphatic heterocycles. The Morgan fingerprint density at radius 2 is 2.09 bits per heavy atom. The van der Waals surface area contributed by atoms with E-state index < -0.39 is 5.91 Å². The molecule has 1 amide bonds. The minimum atomic E-state index is -0.393. The van der Waals surface area contributed by atoms with Gasteiger partial charge in [-0.3, -0.25) is 9.89 Å². The number of H-pyrrole nitrogens is 1. The monoisotopic (exact) mass is 326 g/mol. The van der Waals surface area contributed by atoms with Crippen LogP contribution in [0.2, 0.25) is 0 Å². The van der Waals surface area contributed by atoms with Crippen molar-refractivity contribution >= 4 is 23.5 Å². The van der Waals surface area contributed by atoms with Crippen LogP contribution in [0.5, 0.6) is 5.75 Å². The summed E-state index contributed by atoms with van der Waals surface area (Å²) >= 11 is 1.63. The highest BCUT2D eigenvalue weighted by molar-refractivity contribution is 7.15. The zero-order valence-electron chi connectivity index (χ0n) is 12.3. The van der Waals surface area contributed by atoms with Crippen molar-refractivity contribution in [2.75, 3.05) is 0 Å². The minimum Gasteiger partial charge on any atom is -0.508 e. The molecule has 0 unspecified atom stereocenters. The fraction of sp³-hybridized carbons (Fsp3) is 0.0625. The lowest BCUT2D eigenvalue weighted by molar-refractivity contribution is 0.0950. The van der Waals surface area contributed by atoms with Crippen LogP contribution in [0.15, 0.2) is 47.6 Å². The fourth-order valence-corrected chi connectivity index (χ4v) is 2.76. The number of amides is 1. The van der Waals surface area contributed by atoms with E-state index in [1.807, 2.05) is 19.1 Å². The van der Waals surface area contributed by atoms with Crippen molar-refractivity contribution in [3.63, 3.8) is 0 Å². The molecule has 0 radical (unpaired) electrons. The highest BCUT2D eigenvalue weighted by Gasteiger charge is 2.11. The minimum absolute atomic E-state index is 0.180. The van der Waals surface area contributed by atoms with E-state index in [4.69, 9.17) is 0 Å². The molecule has 0 saturated heterocycles. The average molecular weight is 326 g/mol. The van der Waals surface area contributed by atoms with Crippen LogP contribution in [-0.2, 0) is 0 Å². The van der Waals surface area contributed by atoms with E-state index in [2.05, 4.69) is 20.7 Å². The number of phenols is 1. The molecule has 0 fully saturated rings.